The predicted octanol–water partition coefficient (Wildman–Crippen LogP) is 1.31. The van der Waals surface area contributed by atoms with Crippen LogP contribution in [0.1, 0.15) is 27.2 Å². The molecule has 1 aliphatic rings. The van der Waals surface area contributed by atoms with E-state index in [9.17, 15) is 9.59 Å². The monoisotopic (exact) mass is 171 g/mol. The zero-order chi connectivity index (χ0) is 9.52. The fourth-order valence-corrected chi connectivity index (χ4v) is 1.35. The topological polar surface area (TPSA) is 57.6 Å². The van der Waals surface area contributed by atoms with Gasteiger partial charge < -0.3 is 5.11 Å². The van der Waals surface area contributed by atoms with E-state index < -0.39 is 6.09 Å². The third kappa shape index (κ3) is 1.29. The van der Waals surface area contributed by atoms with E-state index in [-0.39, 0.29) is 17.4 Å². The summed E-state index contributed by atoms with van der Waals surface area (Å²) in [6.07, 6.45) is -0.776. The van der Waals surface area contributed by atoms with Crippen LogP contribution in [0, 0.1) is 5.41 Å². The molecule has 4 nitrogen and oxygen atoms in total. The third-order valence-electron chi connectivity index (χ3n) is 2.15. The van der Waals surface area contributed by atoms with E-state index >= 15 is 0 Å². The number of imide groups is 1. The molecule has 1 atom stereocenters. The van der Waals surface area contributed by atoms with Crippen LogP contribution in [-0.4, -0.2) is 28.0 Å². The Bertz CT molecular complexity index is 221. The first-order valence-electron chi connectivity index (χ1n) is 3.89. The highest BCUT2D eigenvalue weighted by Gasteiger charge is 2.46. The molecule has 1 fully saturated rings. The van der Waals surface area contributed by atoms with Gasteiger partial charge in [0, 0.05) is 6.42 Å². The Morgan fingerprint density at radius 2 is 2.08 bits per heavy atom. The van der Waals surface area contributed by atoms with Gasteiger partial charge in [-0.25, -0.2) is 9.69 Å². The first-order chi connectivity index (χ1) is 5.34. The van der Waals surface area contributed by atoms with Crippen LogP contribution in [-0.2, 0) is 4.79 Å². The first-order valence-corrected chi connectivity index (χ1v) is 3.89. The fourth-order valence-electron chi connectivity index (χ4n) is 1.35. The molecule has 1 N–H and O–H groups in total. The van der Waals surface area contributed by atoms with E-state index in [1.54, 1.807) is 0 Å². The molecule has 0 aromatic heterocycles. The standard InChI is InChI=1S/C8H13NO3/c1-8(2,3)5-4-6(10)9(5)7(11)12/h5H,4H2,1-3H3,(H,11,12). The zero-order valence-electron chi connectivity index (χ0n) is 7.50. The molecule has 1 aliphatic heterocycles. The lowest BCUT2D eigenvalue weighted by atomic mass is 9.79. The molecule has 0 aliphatic carbocycles. The molecule has 1 unspecified atom stereocenters. The predicted molar refractivity (Wildman–Crippen MR) is 42.7 cm³/mol. The van der Waals surface area contributed by atoms with Crippen molar-refractivity contribution in [2.75, 3.05) is 0 Å². The number of hydrogen-bond acceptors (Lipinski definition) is 2. The zero-order valence-corrected chi connectivity index (χ0v) is 7.50. The third-order valence-corrected chi connectivity index (χ3v) is 2.15. The van der Waals surface area contributed by atoms with Crippen LogP contribution in [0.25, 0.3) is 0 Å². The molecular weight excluding hydrogens is 158 g/mol. The molecule has 1 heterocycles. The maximum atomic E-state index is 10.9. The van der Waals surface area contributed by atoms with Gasteiger partial charge in [0.25, 0.3) is 0 Å². The second-order valence-corrected chi connectivity index (χ2v) is 4.13. The van der Waals surface area contributed by atoms with Gasteiger partial charge in [0.05, 0.1) is 6.04 Å². The summed E-state index contributed by atoms with van der Waals surface area (Å²) in [5.74, 6) is -0.289. The molecule has 0 aromatic carbocycles. The summed E-state index contributed by atoms with van der Waals surface area (Å²) in [5, 5.41) is 8.64. The SMILES string of the molecule is CC(C)(C)C1CC(=O)N1C(=O)O. The van der Waals surface area contributed by atoms with Crippen LogP contribution in [0.15, 0.2) is 0 Å². The smallest absolute Gasteiger partial charge is 0.414 e. The molecule has 0 spiro atoms. The van der Waals surface area contributed by atoms with Crippen molar-refractivity contribution in [3.8, 4) is 0 Å². The van der Waals surface area contributed by atoms with E-state index in [1.165, 1.54) is 0 Å². The number of amides is 2. The Balaban J connectivity index is 2.73. The van der Waals surface area contributed by atoms with Crippen molar-refractivity contribution in [3.05, 3.63) is 0 Å². The van der Waals surface area contributed by atoms with Crippen LogP contribution in [0.3, 0.4) is 0 Å². The van der Waals surface area contributed by atoms with Crippen LogP contribution in [0.4, 0.5) is 4.79 Å². The number of carbonyl (C=O) groups excluding carboxylic acids is 1. The summed E-state index contributed by atoms with van der Waals surface area (Å²) in [4.78, 5) is 22.3. The highest BCUT2D eigenvalue weighted by Crippen LogP contribution is 2.34. The molecule has 0 radical (unpaired) electrons. The Hall–Kier alpha value is -1.06. The maximum Gasteiger partial charge on any atom is 0.414 e. The minimum Gasteiger partial charge on any atom is -0.465 e. The second-order valence-electron chi connectivity index (χ2n) is 4.13. The number of β-lactam (4-membered cyclic amide) rings is 1. The van der Waals surface area contributed by atoms with Crippen molar-refractivity contribution in [2.45, 2.75) is 33.2 Å². The normalized spacial score (nSPS) is 23.8. The van der Waals surface area contributed by atoms with Gasteiger partial charge in [0.2, 0.25) is 5.91 Å². The molecule has 1 rings (SSSR count). The molecule has 2 amide bonds. The number of carboxylic acid groups (broad SMARTS) is 1. The number of rotatable bonds is 0. The van der Waals surface area contributed by atoms with E-state index in [2.05, 4.69) is 0 Å². The highest BCUT2D eigenvalue weighted by molar-refractivity contribution is 5.97. The number of hydrogen-bond donors (Lipinski definition) is 1. The van der Waals surface area contributed by atoms with E-state index in [0.717, 1.165) is 4.90 Å². The Kier molecular flexibility index (Phi) is 1.86. The van der Waals surface area contributed by atoms with Crippen LogP contribution in [0.5, 0.6) is 0 Å². The molecule has 4 heteroatoms. The van der Waals surface area contributed by atoms with Crippen molar-refractivity contribution in [1.82, 2.24) is 4.90 Å². The van der Waals surface area contributed by atoms with Gasteiger partial charge in [-0.15, -0.1) is 0 Å². The molecule has 1 saturated heterocycles. The van der Waals surface area contributed by atoms with Gasteiger partial charge in [0.15, 0.2) is 0 Å². The van der Waals surface area contributed by atoms with Gasteiger partial charge in [0.1, 0.15) is 0 Å². The lowest BCUT2D eigenvalue weighted by molar-refractivity contribution is -0.147. The van der Waals surface area contributed by atoms with Crippen molar-refractivity contribution in [1.29, 1.82) is 0 Å². The van der Waals surface area contributed by atoms with Crippen LogP contribution < -0.4 is 0 Å². The molecule has 68 valence electrons. The van der Waals surface area contributed by atoms with Gasteiger partial charge >= 0.3 is 6.09 Å². The average Bonchev–Trinajstić information content (AvgIpc) is 1.78. The van der Waals surface area contributed by atoms with Crippen LogP contribution in [0.2, 0.25) is 0 Å². The minimum atomic E-state index is -1.13. The van der Waals surface area contributed by atoms with Crippen molar-refractivity contribution in [3.63, 3.8) is 0 Å². The van der Waals surface area contributed by atoms with Crippen LogP contribution >= 0.6 is 0 Å². The number of nitrogens with zero attached hydrogens (tertiary/aromatic N) is 1. The molecule has 12 heavy (non-hydrogen) atoms. The fraction of sp³-hybridized carbons (Fsp3) is 0.750. The molecule has 0 bridgehead atoms. The summed E-state index contributed by atoms with van der Waals surface area (Å²) in [5.41, 5.74) is -0.147. The molecule has 0 saturated carbocycles. The largest absolute Gasteiger partial charge is 0.465 e. The van der Waals surface area contributed by atoms with E-state index in [4.69, 9.17) is 5.11 Å². The quantitative estimate of drug-likeness (QED) is 0.559. The second kappa shape index (κ2) is 2.47. The lowest BCUT2D eigenvalue weighted by Gasteiger charge is -2.44. The van der Waals surface area contributed by atoms with Gasteiger partial charge in [-0.1, -0.05) is 20.8 Å². The summed E-state index contributed by atoms with van der Waals surface area (Å²) in [6.45, 7) is 5.79. The van der Waals surface area contributed by atoms with Crippen molar-refractivity contribution < 1.29 is 14.7 Å². The summed E-state index contributed by atoms with van der Waals surface area (Å²) in [6, 6.07) is -0.150. The maximum absolute atomic E-state index is 10.9. The Labute approximate surface area is 71.2 Å². The van der Waals surface area contributed by atoms with Crippen molar-refractivity contribution in [2.24, 2.45) is 5.41 Å². The Morgan fingerprint density at radius 3 is 2.25 bits per heavy atom. The molecular formula is C8H13NO3. The van der Waals surface area contributed by atoms with Gasteiger partial charge in [-0.2, -0.15) is 0 Å². The molecule has 0 aromatic rings. The number of carbonyl (C=O) groups is 2. The van der Waals surface area contributed by atoms with Gasteiger partial charge in [-0.05, 0) is 5.41 Å². The summed E-state index contributed by atoms with van der Waals surface area (Å²) < 4.78 is 0. The summed E-state index contributed by atoms with van der Waals surface area (Å²) >= 11 is 0. The van der Waals surface area contributed by atoms with E-state index in [1.807, 2.05) is 20.8 Å². The van der Waals surface area contributed by atoms with Gasteiger partial charge in [-0.3, -0.25) is 4.79 Å². The Morgan fingerprint density at radius 1 is 1.58 bits per heavy atom. The summed E-state index contributed by atoms with van der Waals surface area (Å²) in [7, 11) is 0. The lowest BCUT2D eigenvalue weighted by Crippen LogP contribution is -2.60. The highest BCUT2D eigenvalue weighted by atomic mass is 16.4. The van der Waals surface area contributed by atoms with E-state index in [0.29, 0.717) is 6.42 Å². The minimum absolute atomic E-state index is 0.147. The average molecular weight is 171 g/mol. The van der Waals surface area contributed by atoms with Crippen molar-refractivity contribution >= 4 is 12.0 Å². The number of likely N-dealkylation sites (tertiary alicyclic amines) is 1. The first kappa shape index (κ1) is 9.03.